The van der Waals surface area contributed by atoms with Crippen molar-refractivity contribution in [3.8, 4) is 11.5 Å². The largest absolute Gasteiger partial charge is 0.454 e. The summed E-state index contributed by atoms with van der Waals surface area (Å²) in [5, 5.41) is 4.94. The summed E-state index contributed by atoms with van der Waals surface area (Å²) in [4.78, 5) is 29.1. The minimum Gasteiger partial charge on any atom is -0.454 e. The fourth-order valence-electron chi connectivity index (χ4n) is 3.59. The third kappa shape index (κ3) is 5.51. The molecule has 2 aliphatic rings. The third-order valence-electron chi connectivity index (χ3n) is 5.21. The summed E-state index contributed by atoms with van der Waals surface area (Å²) in [7, 11) is 0. The van der Waals surface area contributed by atoms with Gasteiger partial charge < -0.3 is 14.8 Å². The van der Waals surface area contributed by atoms with Gasteiger partial charge in [0.2, 0.25) is 12.7 Å². The van der Waals surface area contributed by atoms with Crippen LogP contribution < -0.4 is 14.8 Å². The van der Waals surface area contributed by atoms with Gasteiger partial charge in [0.25, 0.3) is 0 Å². The molecule has 0 spiro atoms. The number of Topliss-reactive ketones (excluding diaryl/α,β-unsaturated/α-hetero) is 1. The minimum absolute atomic E-state index is 0.00951. The molecule has 2 aromatic rings. The van der Waals surface area contributed by atoms with Gasteiger partial charge in [-0.15, -0.1) is 11.3 Å². The predicted molar refractivity (Wildman–Crippen MR) is 113 cm³/mol. The molecule has 1 fully saturated rings. The quantitative estimate of drug-likeness (QED) is 0.500. The molecule has 1 N–H and O–H groups in total. The Morgan fingerprint density at radius 2 is 2.00 bits per heavy atom. The minimum atomic E-state index is 0.00951. The van der Waals surface area contributed by atoms with Crippen LogP contribution in [0.3, 0.4) is 0 Å². The molecule has 6 nitrogen and oxygen atoms in total. The molecule has 0 saturated heterocycles. The molecule has 4 rings (SSSR count). The Hall–Kier alpha value is -2.06. The summed E-state index contributed by atoms with van der Waals surface area (Å²) >= 11 is 2.86. The number of hydrogen-bond acceptors (Lipinski definition) is 7. The first-order valence-corrected chi connectivity index (χ1v) is 11.8. The summed E-state index contributed by atoms with van der Waals surface area (Å²) in [5.74, 6) is 2.22. The first-order valence-electron chi connectivity index (χ1n) is 9.94. The zero-order chi connectivity index (χ0) is 20.1. The van der Waals surface area contributed by atoms with E-state index in [1.807, 2.05) is 5.38 Å². The summed E-state index contributed by atoms with van der Waals surface area (Å²) in [6.07, 6.45) is 6.60. The molecule has 0 radical (unpaired) electrons. The first-order chi connectivity index (χ1) is 14.2. The van der Waals surface area contributed by atoms with Gasteiger partial charge in [0.15, 0.2) is 21.6 Å². The molecule has 0 bridgehead atoms. The lowest BCUT2D eigenvalue weighted by molar-refractivity contribution is -0.120. The highest BCUT2D eigenvalue weighted by molar-refractivity contribution is 8.01. The van der Waals surface area contributed by atoms with Crippen LogP contribution in [0, 0.1) is 5.92 Å². The first kappa shape index (κ1) is 20.2. The predicted octanol–water partition coefficient (Wildman–Crippen LogP) is 4.09. The van der Waals surface area contributed by atoms with Crippen molar-refractivity contribution in [2.24, 2.45) is 5.92 Å². The van der Waals surface area contributed by atoms with Crippen LogP contribution in [0.25, 0.3) is 0 Å². The standard InChI is InChI=1S/C21H24N2O4S2/c24-17(15-6-7-18-19(8-15)27-13-26-18)12-29-21-23-16(11-28-21)9-20(25)22-10-14-4-2-1-3-5-14/h6-8,11,14H,1-5,9-10,12-13H2,(H,22,25). The molecule has 1 aliphatic heterocycles. The van der Waals surface area contributed by atoms with Gasteiger partial charge in [-0.05, 0) is 37.0 Å². The second-order valence-corrected chi connectivity index (χ2v) is 9.45. The van der Waals surface area contributed by atoms with Crippen molar-refractivity contribution in [2.75, 3.05) is 19.1 Å². The Morgan fingerprint density at radius 1 is 1.17 bits per heavy atom. The molecule has 1 aliphatic carbocycles. The van der Waals surface area contributed by atoms with Crippen LogP contribution in [0.2, 0.25) is 0 Å². The van der Waals surface area contributed by atoms with Gasteiger partial charge in [0, 0.05) is 17.5 Å². The van der Waals surface area contributed by atoms with Gasteiger partial charge in [-0.2, -0.15) is 0 Å². The third-order valence-corrected chi connectivity index (χ3v) is 7.28. The molecule has 2 heterocycles. The van der Waals surface area contributed by atoms with Crippen LogP contribution in [-0.4, -0.2) is 35.8 Å². The number of nitrogens with one attached hydrogen (secondary N) is 1. The van der Waals surface area contributed by atoms with Crippen molar-refractivity contribution in [1.29, 1.82) is 0 Å². The Balaban J connectivity index is 1.22. The maximum absolute atomic E-state index is 12.4. The van der Waals surface area contributed by atoms with E-state index in [4.69, 9.17) is 9.47 Å². The van der Waals surface area contributed by atoms with E-state index in [2.05, 4.69) is 10.3 Å². The maximum atomic E-state index is 12.4. The lowest BCUT2D eigenvalue weighted by atomic mass is 9.89. The number of thioether (sulfide) groups is 1. The molecule has 1 saturated carbocycles. The van der Waals surface area contributed by atoms with E-state index in [0.717, 1.165) is 16.6 Å². The monoisotopic (exact) mass is 432 g/mol. The molecule has 8 heteroatoms. The summed E-state index contributed by atoms with van der Waals surface area (Å²) in [6.45, 7) is 0.965. The Bertz CT molecular complexity index is 877. The van der Waals surface area contributed by atoms with E-state index in [1.54, 1.807) is 18.2 Å². The average Bonchev–Trinajstić information content (AvgIpc) is 3.40. The zero-order valence-electron chi connectivity index (χ0n) is 16.1. The maximum Gasteiger partial charge on any atom is 0.231 e. The Kier molecular flexibility index (Phi) is 6.71. The number of amides is 1. The van der Waals surface area contributed by atoms with Crippen LogP contribution in [-0.2, 0) is 11.2 Å². The van der Waals surface area contributed by atoms with Gasteiger partial charge in [-0.1, -0.05) is 31.0 Å². The number of carbonyl (C=O) groups is 2. The fraction of sp³-hybridized carbons (Fsp3) is 0.476. The van der Waals surface area contributed by atoms with Crippen molar-refractivity contribution >= 4 is 34.8 Å². The topological polar surface area (TPSA) is 77.5 Å². The van der Waals surface area contributed by atoms with Crippen LogP contribution >= 0.6 is 23.1 Å². The molecule has 154 valence electrons. The Morgan fingerprint density at radius 3 is 2.86 bits per heavy atom. The van der Waals surface area contributed by atoms with E-state index in [9.17, 15) is 9.59 Å². The lowest BCUT2D eigenvalue weighted by Crippen LogP contribution is -2.31. The SMILES string of the molecule is O=C(Cc1csc(SCC(=O)c2ccc3c(c2)OCO3)n1)NCC1CCCCC1. The van der Waals surface area contributed by atoms with Gasteiger partial charge in [-0.25, -0.2) is 4.98 Å². The van der Waals surface area contributed by atoms with Gasteiger partial charge >= 0.3 is 0 Å². The van der Waals surface area contributed by atoms with Crippen molar-refractivity contribution in [1.82, 2.24) is 10.3 Å². The summed E-state index contributed by atoms with van der Waals surface area (Å²) in [5.41, 5.74) is 1.36. The van der Waals surface area contributed by atoms with E-state index in [1.165, 1.54) is 55.2 Å². The number of benzene rings is 1. The van der Waals surface area contributed by atoms with Crippen molar-refractivity contribution in [3.05, 3.63) is 34.8 Å². The van der Waals surface area contributed by atoms with E-state index in [0.29, 0.717) is 35.2 Å². The number of nitrogens with zero attached hydrogens (tertiary/aromatic N) is 1. The molecule has 1 aromatic carbocycles. The molecule has 1 amide bonds. The zero-order valence-corrected chi connectivity index (χ0v) is 17.8. The fourth-order valence-corrected chi connectivity index (χ4v) is 5.33. The smallest absolute Gasteiger partial charge is 0.231 e. The molecular formula is C21H24N2O4S2. The van der Waals surface area contributed by atoms with Crippen LogP contribution in [0.4, 0.5) is 0 Å². The van der Waals surface area contributed by atoms with Crippen LogP contribution in [0.15, 0.2) is 27.9 Å². The molecule has 0 atom stereocenters. The van der Waals surface area contributed by atoms with E-state index < -0.39 is 0 Å². The molecule has 29 heavy (non-hydrogen) atoms. The van der Waals surface area contributed by atoms with E-state index in [-0.39, 0.29) is 18.5 Å². The van der Waals surface area contributed by atoms with Crippen molar-refractivity contribution in [3.63, 3.8) is 0 Å². The highest BCUT2D eigenvalue weighted by Gasteiger charge is 2.18. The van der Waals surface area contributed by atoms with Crippen LogP contribution in [0.1, 0.15) is 48.2 Å². The highest BCUT2D eigenvalue weighted by atomic mass is 32.2. The number of ketones is 1. The number of ether oxygens (including phenoxy) is 2. The van der Waals surface area contributed by atoms with Gasteiger partial charge in [0.05, 0.1) is 17.9 Å². The van der Waals surface area contributed by atoms with Gasteiger partial charge in [0.1, 0.15) is 0 Å². The Labute approximate surface area is 178 Å². The number of aromatic nitrogens is 1. The van der Waals surface area contributed by atoms with Crippen molar-refractivity contribution in [2.45, 2.75) is 42.9 Å². The molecule has 1 aromatic heterocycles. The lowest BCUT2D eigenvalue weighted by Gasteiger charge is -2.21. The second-order valence-electron chi connectivity index (χ2n) is 7.37. The molecule has 0 unspecified atom stereocenters. The average molecular weight is 433 g/mol. The number of rotatable bonds is 8. The summed E-state index contributed by atoms with van der Waals surface area (Å²) < 4.78 is 11.4. The number of thiazole rings is 1. The highest BCUT2D eigenvalue weighted by Crippen LogP contribution is 2.33. The number of fused-ring (bicyclic) bond motifs is 1. The molecular weight excluding hydrogens is 408 g/mol. The number of hydrogen-bond donors (Lipinski definition) is 1. The summed E-state index contributed by atoms with van der Waals surface area (Å²) in [6, 6.07) is 5.23. The van der Waals surface area contributed by atoms with Gasteiger partial charge in [-0.3, -0.25) is 9.59 Å². The van der Waals surface area contributed by atoms with Crippen molar-refractivity contribution < 1.29 is 19.1 Å². The van der Waals surface area contributed by atoms with E-state index >= 15 is 0 Å². The number of carbonyl (C=O) groups excluding carboxylic acids is 2. The van der Waals surface area contributed by atoms with Crippen LogP contribution in [0.5, 0.6) is 11.5 Å². The normalized spacial score (nSPS) is 16.0. The second kappa shape index (κ2) is 9.63.